The highest BCUT2D eigenvalue weighted by atomic mass is 32.2. The van der Waals surface area contributed by atoms with Gasteiger partial charge in [-0.25, -0.2) is 8.42 Å². The smallest absolute Gasteiger partial charge is 0.271 e. The number of hydrogen-bond acceptors (Lipinski definition) is 5. The molecule has 98 valence electrons. The highest BCUT2D eigenvalue weighted by Crippen LogP contribution is 2.26. The van der Waals surface area contributed by atoms with Gasteiger partial charge in [0.2, 0.25) is 0 Å². The van der Waals surface area contributed by atoms with Crippen molar-refractivity contribution in [2.75, 3.05) is 10.5 Å². The molecule has 0 radical (unpaired) electrons. The van der Waals surface area contributed by atoms with Crippen LogP contribution in [-0.4, -0.2) is 8.42 Å². The highest BCUT2D eigenvalue weighted by molar-refractivity contribution is 7.94. The van der Waals surface area contributed by atoms with Crippen molar-refractivity contribution >= 4 is 32.7 Å². The second kappa shape index (κ2) is 4.91. The Bertz CT molecular complexity index is 758. The van der Waals surface area contributed by atoms with Crippen LogP contribution in [0.1, 0.15) is 10.4 Å². The molecule has 5 nitrogen and oxygen atoms in total. The first-order chi connectivity index (χ1) is 8.92. The minimum absolute atomic E-state index is 0.103. The van der Waals surface area contributed by atoms with Crippen LogP contribution in [0.25, 0.3) is 0 Å². The lowest BCUT2D eigenvalue weighted by molar-refractivity contribution is 0.603. The van der Waals surface area contributed by atoms with Crippen LogP contribution in [0.3, 0.4) is 0 Å². The van der Waals surface area contributed by atoms with Crippen molar-refractivity contribution in [1.82, 2.24) is 0 Å². The lowest BCUT2D eigenvalue weighted by Crippen LogP contribution is -2.12. The van der Waals surface area contributed by atoms with E-state index in [1.54, 1.807) is 25.1 Å². The SMILES string of the molecule is Cc1ccc(N)cc1NS(=O)(=O)c1ccc(C#N)s1. The number of nitriles is 1. The fraction of sp³-hybridized carbons (Fsp3) is 0.0833. The number of nitrogen functional groups attached to an aromatic ring is 1. The van der Waals surface area contributed by atoms with E-state index in [0.29, 0.717) is 16.3 Å². The summed E-state index contributed by atoms with van der Waals surface area (Å²) in [5, 5.41) is 8.72. The molecule has 1 aromatic heterocycles. The topological polar surface area (TPSA) is 96.0 Å². The van der Waals surface area contributed by atoms with Gasteiger partial charge in [-0.05, 0) is 36.8 Å². The van der Waals surface area contributed by atoms with Crippen molar-refractivity contribution in [2.45, 2.75) is 11.1 Å². The summed E-state index contributed by atoms with van der Waals surface area (Å²) in [6.07, 6.45) is 0. The van der Waals surface area contributed by atoms with Gasteiger partial charge in [-0.3, -0.25) is 4.72 Å². The number of hydrogen-bond donors (Lipinski definition) is 2. The fourth-order valence-corrected chi connectivity index (χ4v) is 3.69. The van der Waals surface area contributed by atoms with Crippen LogP contribution in [0.4, 0.5) is 11.4 Å². The van der Waals surface area contributed by atoms with E-state index in [0.717, 1.165) is 16.9 Å². The summed E-state index contributed by atoms with van der Waals surface area (Å²) in [5.41, 5.74) is 7.32. The molecule has 1 heterocycles. The maximum atomic E-state index is 12.1. The van der Waals surface area contributed by atoms with E-state index < -0.39 is 10.0 Å². The monoisotopic (exact) mass is 293 g/mol. The van der Waals surface area contributed by atoms with Gasteiger partial charge in [0.25, 0.3) is 10.0 Å². The average Bonchev–Trinajstić information content (AvgIpc) is 2.83. The summed E-state index contributed by atoms with van der Waals surface area (Å²) < 4.78 is 26.9. The molecule has 0 amide bonds. The van der Waals surface area contributed by atoms with Crippen LogP contribution in [0.5, 0.6) is 0 Å². The summed E-state index contributed by atoms with van der Waals surface area (Å²) in [6.45, 7) is 1.78. The van der Waals surface area contributed by atoms with Gasteiger partial charge in [0, 0.05) is 5.69 Å². The summed E-state index contributed by atoms with van der Waals surface area (Å²) in [4.78, 5) is 0.352. The van der Waals surface area contributed by atoms with E-state index in [-0.39, 0.29) is 4.21 Å². The van der Waals surface area contributed by atoms with Crippen LogP contribution in [0.15, 0.2) is 34.5 Å². The predicted octanol–water partition coefficient (Wildman–Crippen LogP) is 2.31. The first kappa shape index (κ1) is 13.4. The normalized spacial score (nSPS) is 10.9. The Kier molecular flexibility index (Phi) is 3.46. The van der Waals surface area contributed by atoms with Crippen molar-refractivity contribution in [3.8, 4) is 6.07 Å². The molecule has 0 saturated carbocycles. The average molecular weight is 293 g/mol. The molecule has 0 atom stereocenters. The highest BCUT2D eigenvalue weighted by Gasteiger charge is 2.18. The van der Waals surface area contributed by atoms with Gasteiger partial charge in [-0.1, -0.05) is 6.07 Å². The van der Waals surface area contributed by atoms with Crippen LogP contribution in [-0.2, 0) is 10.0 Å². The largest absolute Gasteiger partial charge is 0.399 e. The molecule has 0 fully saturated rings. The van der Waals surface area contributed by atoms with Crippen LogP contribution < -0.4 is 10.5 Å². The van der Waals surface area contributed by atoms with E-state index >= 15 is 0 Å². The van der Waals surface area contributed by atoms with Crippen LogP contribution >= 0.6 is 11.3 Å². The molecule has 2 aromatic rings. The van der Waals surface area contributed by atoms with Crippen LogP contribution in [0, 0.1) is 18.3 Å². The third-order valence-electron chi connectivity index (χ3n) is 2.46. The standard InChI is InChI=1S/C12H11N3O2S2/c1-8-2-3-9(14)6-11(8)15-19(16,17)12-5-4-10(7-13)18-12/h2-6,15H,14H2,1H3. The molecule has 3 N–H and O–H groups in total. The maximum Gasteiger partial charge on any atom is 0.271 e. The van der Waals surface area contributed by atoms with E-state index in [9.17, 15) is 8.42 Å². The third-order valence-corrected chi connectivity index (χ3v) is 5.31. The summed E-state index contributed by atoms with van der Waals surface area (Å²) >= 11 is 0.926. The number of anilines is 2. The Hall–Kier alpha value is -2.04. The molecule has 1 aromatic carbocycles. The lowest BCUT2D eigenvalue weighted by atomic mass is 10.2. The third kappa shape index (κ3) is 2.86. The minimum atomic E-state index is -3.68. The Labute approximate surface area is 115 Å². The second-order valence-electron chi connectivity index (χ2n) is 3.91. The molecule has 0 unspecified atom stereocenters. The second-order valence-corrected chi connectivity index (χ2v) is 6.90. The molecule has 0 saturated heterocycles. The maximum absolute atomic E-state index is 12.1. The van der Waals surface area contributed by atoms with Crippen molar-refractivity contribution in [2.24, 2.45) is 0 Å². The van der Waals surface area contributed by atoms with Gasteiger partial charge in [-0.2, -0.15) is 5.26 Å². The Balaban J connectivity index is 2.36. The molecule has 0 spiro atoms. The zero-order valence-electron chi connectivity index (χ0n) is 10.0. The molecule has 0 aliphatic heterocycles. The number of nitrogens with zero attached hydrogens (tertiary/aromatic N) is 1. The minimum Gasteiger partial charge on any atom is -0.399 e. The van der Waals surface area contributed by atoms with Gasteiger partial charge in [0.1, 0.15) is 15.2 Å². The quantitative estimate of drug-likeness (QED) is 0.849. The number of thiophene rings is 1. The van der Waals surface area contributed by atoms with Gasteiger partial charge in [0.05, 0.1) is 5.69 Å². The Morgan fingerprint density at radius 3 is 2.68 bits per heavy atom. The molecule has 7 heteroatoms. The fourth-order valence-electron chi connectivity index (χ4n) is 1.47. The molecule has 0 aliphatic carbocycles. The Morgan fingerprint density at radius 2 is 2.05 bits per heavy atom. The van der Waals surface area contributed by atoms with Crippen molar-refractivity contribution in [3.05, 3.63) is 40.8 Å². The number of nitrogens with two attached hydrogens (primary N) is 1. The lowest BCUT2D eigenvalue weighted by Gasteiger charge is -2.09. The van der Waals surface area contributed by atoms with Crippen molar-refractivity contribution in [1.29, 1.82) is 5.26 Å². The number of rotatable bonds is 3. The van der Waals surface area contributed by atoms with E-state index in [1.165, 1.54) is 12.1 Å². The number of benzene rings is 1. The van der Waals surface area contributed by atoms with E-state index in [4.69, 9.17) is 11.0 Å². The first-order valence-corrected chi connectivity index (χ1v) is 7.61. The number of sulfonamides is 1. The zero-order chi connectivity index (χ0) is 14.0. The van der Waals surface area contributed by atoms with Crippen molar-refractivity contribution in [3.63, 3.8) is 0 Å². The van der Waals surface area contributed by atoms with Gasteiger partial charge in [-0.15, -0.1) is 11.3 Å². The molecular formula is C12H11N3O2S2. The summed E-state index contributed by atoms with van der Waals surface area (Å²) in [5.74, 6) is 0. The predicted molar refractivity (Wildman–Crippen MR) is 75.4 cm³/mol. The van der Waals surface area contributed by atoms with Gasteiger partial charge in [0.15, 0.2) is 0 Å². The van der Waals surface area contributed by atoms with Crippen LogP contribution in [0.2, 0.25) is 0 Å². The summed E-state index contributed by atoms with van der Waals surface area (Å²) in [6, 6.07) is 9.80. The van der Waals surface area contributed by atoms with Gasteiger partial charge >= 0.3 is 0 Å². The molecule has 0 aliphatic rings. The molecular weight excluding hydrogens is 282 g/mol. The van der Waals surface area contributed by atoms with Crippen molar-refractivity contribution < 1.29 is 8.42 Å². The molecule has 2 rings (SSSR count). The molecule has 0 bridgehead atoms. The van der Waals surface area contributed by atoms with E-state index in [2.05, 4.69) is 4.72 Å². The molecule has 19 heavy (non-hydrogen) atoms. The summed E-state index contributed by atoms with van der Waals surface area (Å²) in [7, 11) is -3.68. The number of nitrogens with one attached hydrogen (secondary N) is 1. The van der Waals surface area contributed by atoms with E-state index in [1.807, 2.05) is 6.07 Å². The van der Waals surface area contributed by atoms with Gasteiger partial charge < -0.3 is 5.73 Å². The Morgan fingerprint density at radius 1 is 1.32 bits per heavy atom. The zero-order valence-corrected chi connectivity index (χ0v) is 11.7. The number of aryl methyl sites for hydroxylation is 1. The first-order valence-electron chi connectivity index (χ1n) is 5.31.